The minimum absolute atomic E-state index is 0.157. The first-order valence-electron chi connectivity index (χ1n) is 6.11. The molecule has 1 unspecified atom stereocenters. The number of nitriles is 1. The van der Waals surface area contributed by atoms with Gasteiger partial charge in [-0.05, 0) is 19.1 Å². The normalized spacial score (nSPS) is 18.8. The Morgan fingerprint density at radius 1 is 1.63 bits per heavy atom. The summed E-state index contributed by atoms with van der Waals surface area (Å²) in [6.45, 7) is 3.35. The average Bonchev–Trinajstić information content (AvgIpc) is 2.46. The molecule has 0 radical (unpaired) electrons. The Morgan fingerprint density at radius 2 is 2.42 bits per heavy atom. The van der Waals surface area contributed by atoms with E-state index in [1.165, 1.54) is 0 Å². The SMILES string of the molecule is CNC(=O)C1CN(c2nc(C)ccc2C#N)CCO1. The second-order valence-corrected chi connectivity index (χ2v) is 4.36. The molecule has 100 valence electrons. The quantitative estimate of drug-likeness (QED) is 0.822. The summed E-state index contributed by atoms with van der Waals surface area (Å²) < 4.78 is 5.42. The highest BCUT2D eigenvalue weighted by molar-refractivity contribution is 5.81. The summed E-state index contributed by atoms with van der Waals surface area (Å²) in [7, 11) is 1.58. The molecule has 0 spiro atoms. The Hall–Kier alpha value is -2.13. The summed E-state index contributed by atoms with van der Waals surface area (Å²) in [4.78, 5) is 17.9. The molecule has 0 aromatic carbocycles. The lowest BCUT2D eigenvalue weighted by atomic mass is 10.2. The van der Waals surface area contributed by atoms with Crippen molar-refractivity contribution in [2.75, 3.05) is 31.6 Å². The van der Waals surface area contributed by atoms with E-state index in [1.54, 1.807) is 19.2 Å². The molecule has 2 rings (SSSR count). The smallest absolute Gasteiger partial charge is 0.250 e. The monoisotopic (exact) mass is 260 g/mol. The lowest BCUT2D eigenvalue weighted by molar-refractivity contribution is -0.132. The van der Waals surface area contributed by atoms with E-state index in [-0.39, 0.29) is 5.91 Å². The Labute approximate surface area is 112 Å². The van der Waals surface area contributed by atoms with Gasteiger partial charge in [0.1, 0.15) is 11.9 Å². The second-order valence-electron chi connectivity index (χ2n) is 4.36. The molecule has 1 aliphatic heterocycles. The number of carbonyl (C=O) groups excluding carboxylic acids is 1. The van der Waals surface area contributed by atoms with E-state index in [0.717, 1.165) is 5.69 Å². The largest absolute Gasteiger partial charge is 0.365 e. The Bertz CT molecular complexity index is 524. The number of nitrogens with zero attached hydrogens (tertiary/aromatic N) is 3. The molecule has 1 N–H and O–H groups in total. The lowest BCUT2D eigenvalue weighted by Gasteiger charge is -2.33. The van der Waals surface area contributed by atoms with E-state index < -0.39 is 6.10 Å². The molecule has 1 saturated heterocycles. The zero-order valence-electron chi connectivity index (χ0n) is 11.0. The summed E-state index contributed by atoms with van der Waals surface area (Å²) in [6, 6.07) is 5.69. The van der Waals surface area contributed by atoms with Gasteiger partial charge in [-0.15, -0.1) is 0 Å². The van der Waals surface area contributed by atoms with Crippen molar-refractivity contribution < 1.29 is 9.53 Å². The maximum absolute atomic E-state index is 11.6. The molecule has 1 aromatic heterocycles. The van der Waals surface area contributed by atoms with Crippen molar-refractivity contribution in [3.63, 3.8) is 0 Å². The number of hydrogen-bond acceptors (Lipinski definition) is 5. The number of nitrogens with one attached hydrogen (secondary N) is 1. The molecule has 6 heteroatoms. The maximum atomic E-state index is 11.6. The Morgan fingerprint density at radius 3 is 3.11 bits per heavy atom. The zero-order valence-corrected chi connectivity index (χ0v) is 11.0. The number of hydrogen-bond donors (Lipinski definition) is 1. The molecule has 1 fully saturated rings. The molecule has 1 aliphatic rings. The van der Waals surface area contributed by atoms with Crippen molar-refractivity contribution in [1.29, 1.82) is 5.26 Å². The van der Waals surface area contributed by atoms with Gasteiger partial charge in [0, 0.05) is 19.3 Å². The standard InChI is InChI=1S/C13H16N4O2/c1-9-3-4-10(7-14)12(16-9)17-5-6-19-11(8-17)13(18)15-2/h3-4,11H,5-6,8H2,1-2H3,(H,15,18). The number of likely N-dealkylation sites (N-methyl/N-ethyl adjacent to an activating group) is 1. The van der Waals surface area contributed by atoms with Crippen molar-refractivity contribution in [2.24, 2.45) is 0 Å². The number of carbonyl (C=O) groups is 1. The summed E-state index contributed by atoms with van der Waals surface area (Å²) in [5.41, 5.74) is 1.36. The van der Waals surface area contributed by atoms with Crippen LogP contribution >= 0.6 is 0 Å². The minimum Gasteiger partial charge on any atom is -0.365 e. The van der Waals surface area contributed by atoms with Gasteiger partial charge in [0.05, 0.1) is 18.7 Å². The van der Waals surface area contributed by atoms with Crippen LogP contribution in [0.25, 0.3) is 0 Å². The van der Waals surface area contributed by atoms with E-state index in [4.69, 9.17) is 10.00 Å². The predicted octanol–water partition coefficient (Wildman–Crippen LogP) is 0.213. The van der Waals surface area contributed by atoms with Crippen LogP contribution in [0.4, 0.5) is 5.82 Å². The van der Waals surface area contributed by atoms with Crippen LogP contribution in [-0.4, -0.2) is 43.7 Å². The van der Waals surface area contributed by atoms with Crippen LogP contribution in [0.1, 0.15) is 11.3 Å². The van der Waals surface area contributed by atoms with Gasteiger partial charge < -0.3 is 15.0 Å². The zero-order chi connectivity index (χ0) is 13.8. The fraction of sp³-hybridized carbons (Fsp3) is 0.462. The predicted molar refractivity (Wildman–Crippen MR) is 69.7 cm³/mol. The molecule has 6 nitrogen and oxygen atoms in total. The van der Waals surface area contributed by atoms with Gasteiger partial charge in [-0.2, -0.15) is 5.26 Å². The third-order valence-corrected chi connectivity index (χ3v) is 3.04. The number of ether oxygens (including phenoxy) is 1. The van der Waals surface area contributed by atoms with Crippen LogP contribution in [0.5, 0.6) is 0 Å². The molecule has 0 aliphatic carbocycles. The molecule has 1 amide bonds. The van der Waals surface area contributed by atoms with Crippen molar-refractivity contribution in [3.05, 3.63) is 23.4 Å². The van der Waals surface area contributed by atoms with Gasteiger partial charge >= 0.3 is 0 Å². The number of amides is 1. The highest BCUT2D eigenvalue weighted by Crippen LogP contribution is 2.20. The van der Waals surface area contributed by atoms with Crippen molar-refractivity contribution in [1.82, 2.24) is 10.3 Å². The number of aryl methyl sites for hydroxylation is 1. The Kier molecular flexibility index (Phi) is 3.97. The van der Waals surface area contributed by atoms with Gasteiger partial charge in [0.2, 0.25) is 0 Å². The second kappa shape index (κ2) is 5.67. The molecule has 1 aromatic rings. The van der Waals surface area contributed by atoms with Crippen molar-refractivity contribution >= 4 is 11.7 Å². The van der Waals surface area contributed by atoms with Crippen LogP contribution < -0.4 is 10.2 Å². The van der Waals surface area contributed by atoms with Crippen LogP contribution in [0, 0.1) is 18.3 Å². The van der Waals surface area contributed by atoms with Crippen LogP contribution in [0.2, 0.25) is 0 Å². The molecule has 0 bridgehead atoms. The van der Waals surface area contributed by atoms with Gasteiger partial charge in [0.15, 0.2) is 6.10 Å². The van der Waals surface area contributed by atoms with E-state index in [1.807, 2.05) is 11.8 Å². The summed E-state index contributed by atoms with van der Waals surface area (Å²) in [5.74, 6) is 0.468. The highest BCUT2D eigenvalue weighted by atomic mass is 16.5. The molecular formula is C13H16N4O2. The first-order valence-corrected chi connectivity index (χ1v) is 6.11. The van der Waals surface area contributed by atoms with Crippen molar-refractivity contribution in [3.8, 4) is 6.07 Å². The van der Waals surface area contributed by atoms with E-state index >= 15 is 0 Å². The van der Waals surface area contributed by atoms with Crippen LogP contribution in [-0.2, 0) is 9.53 Å². The Balaban J connectivity index is 2.24. The van der Waals surface area contributed by atoms with E-state index in [0.29, 0.717) is 31.1 Å². The van der Waals surface area contributed by atoms with Gasteiger partial charge in [0.25, 0.3) is 5.91 Å². The highest BCUT2D eigenvalue weighted by Gasteiger charge is 2.27. The maximum Gasteiger partial charge on any atom is 0.250 e. The summed E-state index contributed by atoms with van der Waals surface area (Å²) in [6.07, 6.45) is -0.521. The number of aromatic nitrogens is 1. The number of morpholine rings is 1. The average molecular weight is 260 g/mol. The van der Waals surface area contributed by atoms with Crippen LogP contribution in [0.15, 0.2) is 12.1 Å². The fourth-order valence-corrected chi connectivity index (χ4v) is 2.03. The molecule has 19 heavy (non-hydrogen) atoms. The van der Waals surface area contributed by atoms with Gasteiger partial charge in [-0.3, -0.25) is 4.79 Å². The van der Waals surface area contributed by atoms with Crippen molar-refractivity contribution in [2.45, 2.75) is 13.0 Å². The van der Waals surface area contributed by atoms with E-state index in [2.05, 4.69) is 16.4 Å². The minimum atomic E-state index is -0.521. The third kappa shape index (κ3) is 2.83. The number of rotatable bonds is 2. The lowest BCUT2D eigenvalue weighted by Crippen LogP contribution is -2.49. The number of anilines is 1. The molecule has 1 atom stereocenters. The van der Waals surface area contributed by atoms with Gasteiger partial charge in [-0.25, -0.2) is 4.98 Å². The van der Waals surface area contributed by atoms with E-state index in [9.17, 15) is 4.79 Å². The first-order chi connectivity index (χ1) is 9.15. The third-order valence-electron chi connectivity index (χ3n) is 3.04. The van der Waals surface area contributed by atoms with Gasteiger partial charge in [-0.1, -0.05) is 0 Å². The summed E-state index contributed by atoms with van der Waals surface area (Å²) in [5, 5.41) is 11.7. The topological polar surface area (TPSA) is 78.3 Å². The molecule has 0 saturated carbocycles. The molecular weight excluding hydrogens is 244 g/mol. The molecule has 2 heterocycles. The first kappa shape index (κ1) is 13.3. The fourth-order valence-electron chi connectivity index (χ4n) is 2.03. The number of pyridine rings is 1. The summed E-state index contributed by atoms with van der Waals surface area (Å²) >= 11 is 0. The van der Waals surface area contributed by atoms with Crippen LogP contribution in [0.3, 0.4) is 0 Å².